The molecule has 3 aromatic heterocycles. The largest absolute Gasteiger partial charge is 0.289 e. The smallest absolute Gasteiger partial charge is 0.258 e. The van der Waals surface area contributed by atoms with Gasteiger partial charge in [-0.25, -0.2) is 14.6 Å². The normalized spacial score (nSPS) is 11.1. The molecule has 34 heavy (non-hydrogen) atoms. The summed E-state index contributed by atoms with van der Waals surface area (Å²) < 4.78 is 3.56. The first-order valence-electron chi connectivity index (χ1n) is 10.9. The number of aryl methyl sites for hydroxylation is 1. The van der Waals surface area contributed by atoms with E-state index in [0.29, 0.717) is 22.8 Å². The van der Waals surface area contributed by atoms with Crippen LogP contribution in [0.4, 0.5) is 5.95 Å². The molecular weight excluding hydrogens is 450 g/mol. The number of pyridine rings is 1. The van der Waals surface area contributed by atoms with Crippen molar-refractivity contribution < 1.29 is 4.79 Å². The Kier molecular flexibility index (Phi) is 5.81. The quantitative estimate of drug-likeness (QED) is 0.377. The topological polar surface area (TPSA) is 90.5 Å². The molecule has 0 aliphatic carbocycles. The molecule has 5 rings (SSSR count). The molecule has 8 nitrogen and oxygen atoms in total. The highest BCUT2D eigenvalue weighted by molar-refractivity contribution is 6.30. The number of nitrogens with zero attached hydrogens (tertiary/aromatic N) is 6. The van der Waals surface area contributed by atoms with Crippen LogP contribution < -0.4 is 5.32 Å². The van der Waals surface area contributed by atoms with E-state index in [1.165, 1.54) is 0 Å². The van der Waals surface area contributed by atoms with Crippen molar-refractivity contribution in [3.05, 3.63) is 89.0 Å². The summed E-state index contributed by atoms with van der Waals surface area (Å²) in [6, 6.07) is 16.9. The lowest BCUT2D eigenvalue weighted by Crippen LogP contribution is -2.14. The Hall–Kier alpha value is -4.04. The number of halogens is 1. The van der Waals surface area contributed by atoms with Crippen LogP contribution >= 0.6 is 11.6 Å². The van der Waals surface area contributed by atoms with E-state index in [0.717, 1.165) is 34.3 Å². The molecule has 0 unspecified atom stereocenters. The minimum atomic E-state index is -0.305. The first kappa shape index (κ1) is 21.8. The lowest BCUT2D eigenvalue weighted by molar-refractivity contribution is 0.102. The number of fused-ring (bicyclic) bond motifs is 1. The first-order chi connectivity index (χ1) is 16.5. The average molecular weight is 472 g/mol. The zero-order chi connectivity index (χ0) is 23.7. The maximum absolute atomic E-state index is 13.3. The fraction of sp³-hybridized carbons (Fsp3) is 0.160. The molecule has 0 bridgehead atoms. The molecule has 3 heterocycles. The fourth-order valence-electron chi connectivity index (χ4n) is 3.94. The van der Waals surface area contributed by atoms with Gasteiger partial charge in [0, 0.05) is 28.2 Å². The van der Waals surface area contributed by atoms with Crippen molar-refractivity contribution in [2.75, 3.05) is 5.32 Å². The van der Waals surface area contributed by atoms with Gasteiger partial charge in [-0.2, -0.15) is 5.10 Å². The summed E-state index contributed by atoms with van der Waals surface area (Å²) in [5, 5.41) is 13.0. The number of hydrogen-bond donors (Lipinski definition) is 1. The van der Waals surface area contributed by atoms with Gasteiger partial charge >= 0.3 is 0 Å². The molecule has 0 saturated heterocycles. The second-order valence-corrected chi connectivity index (χ2v) is 8.32. The average Bonchev–Trinajstić information content (AvgIpc) is 3.43. The van der Waals surface area contributed by atoms with E-state index >= 15 is 0 Å². The number of aromatic nitrogens is 6. The fourth-order valence-corrected chi connectivity index (χ4v) is 4.15. The van der Waals surface area contributed by atoms with Crippen molar-refractivity contribution >= 4 is 34.4 Å². The number of rotatable bonds is 6. The summed E-state index contributed by atoms with van der Waals surface area (Å²) in [7, 11) is 0. The Morgan fingerprint density at radius 3 is 2.76 bits per heavy atom. The predicted molar refractivity (Wildman–Crippen MR) is 132 cm³/mol. The molecule has 1 amide bonds. The molecule has 5 aromatic rings. The molecular formula is C25H22ClN7O. The van der Waals surface area contributed by atoms with Crippen LogP contribution in [-0.4, -0.2) is 35.4 Å². The van der Waals surface area contributed by atoms with E-state index < -0.39 is 0 Å². The Labute approximate surface area is 201 Å². The van der Waals surface area contributed by atoms with Crippen molar-refractivity contribution in [2.45, 2.75) is 26.9 Å². The van der Waals surface area contributed by atoms with Crippen LogP contribution in [-0.2, 0) is 13.1 Å². The van der Waals surface area contributed by atoms with E-state index in [4.69, 9.17) is 16.6 Å². The maximum Gasteiger partial charge on any atom is 0.258 e. The van der Waals surface area contributed by atoms with E-state index in [1.807, 2.05) is 67.1 Å². The number of benzene rings is 2. The van der Waals surface area contributed by atoms with Crippen molar-refractivity contribution in [3.8, 4) is 11.3 Å². The third-order valence-corrected chi connectivity index (χ3v) is 5.87. The minimum absolute atomic E-state index is 0.226. The molecule has 0 aliphatic heterocycles. The van der Waals surface area contributed by atoms with Crippen LogP contribution in [0.2, 0.25) is 5.02 Å². The van der Waals surface area contributed by atoms with E-state index in [1.54, 1.807) is 23.3 Å². The third kappa shape index (κ3) is 4.27. The number of carbonyl (C=O) groups excluding carboxylic acids is 1. The molecule has 1 N–H and O–H groups in total. The number of hydrogen-bond acceptors (Lipinski definition) is 5. The van der Waals surface area contributed by atoms with Gasteiger partial charge in [0.05, 0.1) is 29.5 Å². The maximum atomic E-state index is 13.3. The first-order valence-corrected chi connectivity index (χ1v) is 11.3. The SMILES string of the molecule is CCn1ncc(-c2cc(C(=O)Nc3ncn(Cc4cccc(Cl)c4)n3)c3ccccc3n2)c1C. The van der Waals surface area contributed by atoms with Crippen LogP contribution in [0.3, 0.4) is 0 Å². The minimum Gasteiger partial charge on any atom is -0.289 e. The van der Waals surface area contributed by atoms with Gasteiger partial charge in [0.1, 0.15) is 6.33 Å². The molecule has 0 radical (unpaired) electrons. The number of nitrogens with one attached hydrogen (secondary N) is 1. The van der Waals surface area contributed by atoms with E-state index in [-0.39, 0.29) is 11.9 Å². The van der Waals surface area contributed by atoms with Crippen molar-refractivity contribution in [3.63, 3.8) is 0 Å². The highest BCUT2D eigenvalue weighted by atomic mass is 35.5. The number of para-hydroxylation sites is 1. The van der Waals surface area contributed by atoms with Crippen LogP contribution in [0.5, 0.6) is 0 Å². The lowest BCUT2D eigenvalue weighted by atomic mass is 10.0. The molecule has 0 spiro atoms. The Balaban J connectivity index is 1.45. The highest BCUT2D eigenvalue weighted by Gasteiger charge is 2.18. The molecule has 0 atom stereocenters. The van der Waals surface area contributed by atoms with Gasteiger partial charge in [-0.1, -0.05) is 41.9 Å². The molecule has 2 aromatic carbocycles. The van der Waals surface area contributed by atoms with Crippen LogP contribution in [0.25, 0.3) is 22.2 Å². The summed E-state index contributed by atoms with van der Waals surface area (Å²) in [5.74, 6) is -0.0784. The second kappa shape index (κ2) is 9.07. The third-order valence-electron chi connectivity index (χ3n) is 5.63. The van der Waals surface area contributed by atoms with Crippen molar-refractivity contribution in [2.24, 2.45) is 0 Å². The Morgan fingerprint density at radius 2 is 1.97 bits per heavy atom. The summed E-state index contributed by atoms with van der Waals surface area (Å²) in [6.45, 7) is 5.29. The van der Waals surface area contributed by atoms with Gasteiger partial charge < -0.3 is 0 Å². The zero-order valence-electron chi connectivity index (χ0n) is 18.7. The van der Waals surface area contributed by atoms with Crippen LogP contribution in [0.1, 0.15) is 28.5 Å². The summed E-state index contributed by atoms with van der Waals surface area (Å²) in [6.07, 6.45) is 3.37. The zero-order valence-corrected chi connectivity index (χ0v) is 19.5. The molecule has 0 saturated carbocycles. The van der Waals surface area contributed by atoms with Gasteiger partial charge in [-0.05, 0) is 43.7 Å². The van der Waals surface area contributed by atoms with E-state index in [9.17, 15) is 4.79 Å². The van der Waals surface area contributed by atoms with Crippen molar-refractivity contribution in [1.29, 1.82) is 0 Å². The number of anilines is 1. The number of carbonyl (C=O) groups is 1. The number of amides is 1. The standard InChI is InChI=1S/C25H22ClN7O/c1-3-33-16(2)21(13-28-33)23-12-20(19-9-4-5-10-22(19)29-23)24(34)30-25-27-15-32(31-25)14-17-7-6-8-18(26)11-17/h4-13,15H,3,14H2,1-2H3,(H,30,31,34). The molecule has 0 aliphatic rings. The Bertz CT molecular complexity index is 1500. The van der Waals surface area contributed by atoms with Crippen LogP contribution in [0, 0.1) is 6.92 Å². The van der Waals surface area contributed by atoms with Gasteiger partial charge in [-0.3, -0.25) is 14.8 Å². The van der Waals surface area contributed by atoms with Gasteiger partial charge in [0.25, 0.3) is 5.91 Å². The van der Waals surface area contributed by atoms with Gasteiger partial charge in [0.15, 0.2) is 0 Å². The predicted octanol–water partition coefficient (Wildman–Crippen LogP) is 4.97. The van der Waals surface area contributed by atoms with Gasteiger partial charge in [0.2, 0.25) is 5.95 Å². The van der Waals surface area contributed by atoms with Crippen LogP contribution in [0.15, 0.2) is 67.1 Å². The second-order valence-electron chi connectivity index (χ2n) is 7.88. The summed E-state index contributed by atoms with van der Waals surface area (Å²) in [5.41, 5.74) is 4.80. The summed E-state index contributed by atoms with van der Waals surface area (Å²) in [4.78, 5) is 22.3. The van der Waals surface area contributed by atoms with E-state index in [2.05, 4.69) is 20.5 Å². The summed E-state index contributed by atoms with van der Waals surface area (Å²) >= 11 is 6.06. The monoisotopic (exact) mass is 471 g/mol. The van der Waals surface area contributed by atoms with Crippen molar-refractivity contribution in [1.82, 2.24) is 29.5 Å². The molecule has 170 valence electrons. The molecule has 9 heteroatoms. The molecule has 0 fully saturated rings. The Morgan fingerprint density at radius 1 is 1.12 bits per heavy atom. The highest BCUT2D eigenvalue weighted by Crippen LogP contribution is 2.27. The lowest BCUT2D eigenvalue weighted by Gasteiger charge is -2.09. The van der Waals surface area contributed by atoms with Gasteiger partial charge in [-0.15, -0.1) is 5.10 Å².